The van der Waals surface area contributed by atoms with Gasteiger partial charge in [0.25, 0.3) is 5.91 Å². The molecule has 0 radical (unpaired) electrons. The second kappa shape index (κ2) is 4.38. The van der Waals surface area contributed by atoms with Crippen molar-refractivity contribution in [3.05, 3.63) is 29.3 Å². The molecule has 20 heavy (non-hydrogen) atoms. The lowest BCUT2D eigenvalue weighted by Crippen LogP contribution is -2.78. The van der Waals surface area contributed by atoms with Crippen LogP contribution in [0.1, 0.15) is 19.3 Å². The lowest BCUT2D eigenvalue weighted by Gasteiger charge is -2.68. The zero-order valence-electron chi connectivity index (χ0n) is 10.8. The summed E-state index contributed by atoms with van der Waals surface area (Å²) in [4.78, 5) is 23.0. The van der Waals surface area contributed by atoms with Crippen LogP contribution in [0.4, 0.5) is 0 Å². The number of carbonyl (C=O) groups is 2. The van der Waals surface area contributed by atoms with E-state index in [4.69, 9.17) is 22.1 Å². The predicted octanol–water partition coefficient (Wildman–Crippen LogP) is 1.24. The van der Waals surface area contributed by atoms with Crippen LogP contribution in [0.5, 0.6) is 5.75 Å². The topological polar surface area (TPSA) is 81.4 Å². The Hall–Kier alpha value is -1.75. The van der Waals surface area contributed by atoms with Crippen LogP contribution >= 0.6 is 11.6 Å². The first kappa shape index (κ1) is 13.2. The summed E-state index contributed by atoms with van der Waals surface area (Å²) in [5.74, 6) is 0.152. The van der Waals surface area contributed by atoms with Crippen LogP contribution in [0.15, 0.2) is 24.3 Å². The molecule has 5 nitrogen and oxygen atoms in total. The van der Waals surface area contributed by atoms with Gasteiger partial charge in [0.2, 0.25) is 5.91 Å². The van der Waals surface area contributed by atoms with Crippen molar-refractivity contribution in [3.63, 3.8) is 0 Å². The summed E-state index contributed by atoms with van der Waals surface area (Å²) in [6.45, 7) is -0.0487. The smallest absolute Gasteiger partial charge is 0.258 e. The fourth-order valence-corrected chi connectivity index (χ4v) is 3.32. The number of primary amides is 1. The Morgan fingerprint density at radius 1 is 1.25 bits per heavy atom. The van der Waals surface area contributed by atoms with Crippen LogP contribution in [0.25, 0.3) is 0 Å². The number of rotatable bonds is 5. The molecule has 0 spiro atoms. The number of amides is 2. The molecule has 2 bridgehead atoms. The average molecular weight is 295 g/mol. The second-order valence-electron chi connectivity index (χ2n) is 5.75. The SMILES string of the molecule is NC(=O)C12CC(NC(=O)COc3ccc(Cl)cc3)(C1)C2. The second-order valence-corrected chi connectivity index (χ2v) is 6.18. The minimum atomic E-state index is -0.357. The summed E-state index contributed by atoms with van der Waals surface area (Å²) in [5, 5.41) is 3.54. The van der Waals surface area contributed by atoms with Gasteiger partial charge in [-0.25, -0.2) is 0 Å². The van der Waals surface area contributed by atoms with E-state index in [0.717, 1.165) is 0 Å². The lowest BCUT2D eigenvalue weighted by molar-refractivity contribution is -0.180. The summed E-state index contributed by atoms with van der Waals surface area (Å²) in [6, 6.07) is 6.82. The third-order valence-electron chi connectivity index (χ3n) is 4.14. The van der Waals surface area contributed by atoms with Crippen molar-refractivity contribution in [1.82, 2.24) is 5.32 Å². The van der Waals surface area contributed by atoms with E-state index in [9.17, 15) is 9.59 Å². The van der Waals surface area contributed by atoms with E-state index < -0.39 is 0 Å². The lowest BCUT2D eigenvalue weighted by atomic mass is 9.39. The molecular weight excluding hydrogens is 280 g/mol. The van der Waals surface area contributed by atoms with Gasteiger partial charge in [-0.2, -0.15) is 0 Å². The quantitative estimate of drug-likeness (QED) is 0.857. The van der Waals surface area contributed by atoms with E-state index in [1.54, 1.807) is 24.3 Å². The molecule has 1 aromatic rings. The third-order valence-corrected chi connectivity index (χ3v) is 4.39. The predicted molar refractivity (Wildman–Crippen MR) is 73.3 cm³/mol. The van der Waals surface area contributed by atoms with Crippen LogP contribution in [-0.4, -0.2) is 24.0 Å². The molecule has 0 heterocycles. The summed E-state index contributed by atoms with van der Waals surface area (Å²) in [5.41, 5.74) is 4.74. The van der Waals surface area contributed by atoms with E-state index in [-0.39, 0.29) is 29.4 Å². The maximum absolute atomic E-state index is 11.8. The van der Waals surface area contributed by atoms with Gasteiger partial charge >= 0.3 is 0 Å². The van der Waals surface area contributed by atoms with Gasteiger partial charge in [0.1, 0.15) is 5.75 Å². The minimum Gasteiger partial charge on any atom is -0.484 e. The molecule has 3 saturated carbocycles. The van der Waals surface area contributed by atoms with Gasteiger partial charge < -0.3 is 15.8 Å². The maximum atomic E-state index is 11.8. The molecule has 1 aromatic carbocycles. The van der Waals surface area contributed by atoms with Crippen LogP contribution < -0.4 is 15.8 Å². The van der Waals surface area contributed by atoms with Gasteiger partial charge in [-0.1, -0.05) is 11.6 Å². The Morgan fingerprint density at radius 3 is 2.40 bits per heavy atom. The Kier molecular flexibility index (Phi) is 2.90. The number of ether oxygens (including phenoxy) is 1. The molecule has 3 N–H and O–H groups in total. The largest absolute Gasteiger partial charge is 0.484 e. The van der Waals surface area contributed by atoms with Crippen molar-refractivity contribution in [2.75, 3.05) is 6.61 Å². The Balaban J connectivity index is 1.45. The molecule has 0 unspecified atom stereocenters. The van der Waals surface area contributed by atoms with Gasteiger partial charge in [0.05, 0.1) is 5.41 Å². The number of halogens is 1. The summed E-state index contributed by atoms with van der Waals surface area (Å²) < 4.78 is 5.36. The summed E-state index contributed by atoms with van der Waals surface area (Å²) >= 11 is 5.76. The van der Waals surface area contributed by atoms with Gasteiger partial charge in [-0.15, -0.1) is 0 Å². The first-order chi connectivity index (χ1) is 9.43. The molecule has 3 fully saturated rings. The molecule has 6 heteroatoms. The Bertz CT molecular complexity index is 551. The van der Waals surface area contributed by atoms with Gasteiger partial charge in [0.15, 0.2) is 6.61 Å². The van der Waals surface area contributed by atoms with Crippen molar-refractivity contribution in [1.29, 1.82) is 0 Å². The molecule has 0 aromatic heterocycles. The van der Waals surface area contributed by atoms with Gasteiger partial charge in [-0.3, -0.25) is 9.59 Å². The molecule has 0 aliphatic heterocycles. The fourth-order valence-electron chi connectivity index (χ4n) is 3.19. The minimum absolute atomic E-state index is 0.0487. The Morgan fingerprint density at radius 2 is 1.85 bits per heavy atom. The number of nitrogens with two attached hydrogens (primary N) is 1. The highest BCUT2D eigenvalue weighted by molar-refractivity contribution is 6.30. The maximum Gasteiger partial charge on any atom is 0.258 e. The highest BCUT2D eigenvalue weighted by atomic mass is 35.5. The number of benzene rings is 1. The highest BCUT2D eigenvalue weighted by Crippen LogP contribution is 2.66. The molecule has 0 atom stereocenters. The van der Waals surface area contributed by atoms with E-state index >= 15 is 0 Å². The van der Waals surface area contributed by atoms with Crippen molar-refractivity contribution in [2.24, 2.45) is 11.1 Å². The number of hydrogen-bond acceptors (Lipinski definition) is 3. The molecule has 3 aliphatic rings. The fraction of sp³-hybridized carbons (Fsp3) is 0.429. The molecule has 106 valence electrons. The molecule has 0 saturated heterocycles. The van der Waals surface area contributed by atoms with E-state index in [0.29, 0.717) is 30.0 Å². The normalized spacial score (nSPS) is 29.9. The standard InChI is InChI=1S/C14H15ClN2O3/c15-9-1-3-10(4-2-9)20-5-11(18)17-14-6-13(7-14,8-14)12(16)19/h1-4H,5-8H2,(H2,16,19)(H,17,18). The van der Waals surface area contributed by atoms with Crippen molar-refractivity contribution >= 4 is 23.4 Å². The molecular formula is C14H15ClN2O3. The zero-order valence-corrected chi connectivity index (χ0v) is 11.6. The van der Waals surface area contributed by atoms with Crippen molar-refractivity contribution < 1.29 is 14.3 Å². The van der Waals surface area contributed by atoms with Crippen LogP contribution in [-0.2, 0) is 9.59 Å². The summed E-state index contributed by atoms with van der Waals surface area (Å²) in [6.07, 6.45) is 1.96. The van der Waals surface area contributed by atoms with Crippen LogP contribution in [0.3, 0.4) is 0 Å². The van der Waals surface area contributed by atoms with E-state index in [1.165, 1.54) is 0 Å². The van der Waals surface area contributed by atoms with Crippen molar-refractivity contribution in [3.8, 4) is 5.75 Å². The first-order valence-electron chi connectivity index (χ1n) is 6.42. The zero-order chi connectivity index (χ0) is 14.4. The monoisotopic (exact) mass is 294 g/mol. The molecule has 4 rings (SSSR count). The van der Waals surface area contributed by atoms with E-state index in [2.05, 4.69) is 5.32 Å². The number of nitrogens with one attached hydrogen (secondary N) is 1. The highest BCUT2D eigenvalue weighted by Gasteiger charge is 2.71. The molecule has 3 aliphatic carbocycles. The molecule has 2 amide bonds. The van der Waals surface area contributed by atoms with Gasteiger partial charge in [0, 0.05) is 10.6 Å². The van der Waals surface area contributed by atoms with Crippen LogP contribution in [0.2, 0.25) is 5.02 Å². The van der Waals surface area contributed by atoms with Crippen molar-refractivity contribution in [2.45, 2.75) is 24.8 Å². The number of hydrogen-bond donors (Lipinski definition) is 2. The van der Waals surface area contributed by atoms with Crippen LogP contribution in [0, 0.1) is 5.41 Å². The first-order valence-corrected chi connectivity index (χ1v) is 6.80. The summed E-state index contributed by atoms with van der Waals surface area (Å²) in [7, 11) is 0. The Labute approximate surface area is 121 Å². The third kappa shape index (κ3) is 2.12. The average Bonchev–Trinajstić information content (AvgIpc) is 2.30. The van der Waals surface area contributed by atoms with Gasteiger partial charge in [-0.05, 0) is 43.5 Å². The van der Waals surface area contributed by atoms with E-state index in [1.807, 2.05) is 0 Å². The number of carbonyl (C=O) groups excluding carboxylic acids is 2.